The summed E-state index contributed by atoms with van der Waals surface area (Å²) in [4.78, 5) is 23.2. The van der Waals surface area contributed by atoms with Crippen molar-refractivity contribution in [3.05, 3.63) is 76.9 Å². The van der Waals surface area contributed by atoms with Gasteiger partial charge in [-0.1, -0.05) is 48.5 Å². The van der Waals surface area contributed by atoms with Crippen LogP contribution in [0.4, 0.5) is 0 Å². The fourth-order valence-electron chi connectivity index (χ4n) is 2.35. The van der Waals surface area contributed by atoms with Gasteiger partial charge in [-0.05, 0) is 35.3 Å². The Hall–Kier alpha value is -2.48. The molecule has 0 bridgehead atoms. The lowest BCUT2D eigenvalue weighted by Gasteiger charge is -2.13. The van der Waals surface area contributed by atoms with Gasteiger partial charge < -0.3 is 0 Å². The quantitative estimate of drug-likeness (QED) is 0.765. The summed E-state index contributed by atoms with van der Waals surface area (Å²) in [7, 11) is 0. The minimum Gasteiger partial charge on any atom is -0.286 e. The maximum absolute atomic E-state index is 11.8. The second kappa shape index (κ2) is 4.65. The van der Waals surface area contributed by atoms with Crippen LogP contribution in [0.15, 0.2) is 54.6 Å². The van der Waals surface area contributed by atoms with Crippen LogP contribution in [-0.4, -0.2) is 11.6 Å². The van der Waals surface area contributed by atoms with Gasteiger partial charge in [-0.25, -0.2) is 0 Å². The molecule has 0 radical (unpaired) electrons. The zero-order valence-electron chi connectivity index (χ0n) is 10.3. The van der Waals surface area contributed by atoms with Crippen molar-refractivity contribution in [1.29, 1.82) is 0 Å². The van der Waals surface area contributed by atoms with Gasteiger partial charge in [0.1, 0.15) is 0 Å². The summed E-state index contributed by atoms with van der Waals surface area (Å²) >= 11 is 0. The summed E-state index contributed by atoms with van der Waals surface area (Å²) in [6, 6.07) is 15.6. The highest BCUT2D eigenvalue weighted by Crippen LogP contribution is 2.23. The lowest BCUT2D eigenvalue weighted by Crippen LogP contribution is -2.17. The van der Waals surface area contributed by atoms with Gasteiger partial charge in [-0.3, -0.25) is 9.59 Å². The predicted molar refractivity (Wildman–Crippen MR) is 74.1 cm³/mol. The van der Waals surface area contributed by atoms with Gasteiger partial charge in [0.2, 0.25) is 11.6 Å². The number of allylic oxidation sites excluding steroid dienone is 1. The van der Waals surface area contributed by atoms with Crippen molar-refractivity contribution in [2.45, 2.75) is 6.42 Å². The molecule has 0 heterocycles. The third-order valence-corrected chi connectivity index (χ3v) is 3.30. The standard InChI is InChI=1S/C17H12O2/c18-16-10-9-14-13(7-4-8-15(14)17(16)19)11-12-5-2-1-3-6-12/h1-10H,11H2. The van der Waals surface area contributed by atoms with Crippen LogP contribution < -0.4 is 0 Å². The average Bonchev–Trinajstić information content (AvgIpc) is 2.45. The molecule has 2 heteroatoms. The van der Waals surface area contributed by atoms with Gasteiger partial charge >= 0.3 is 0 Å². The predicted octanol–water partition coefficient (Wildman–Crippen LogP) is 3.06. The van der Waals surface area contributed by atoms with E-state index < -0.39 is 11.6 Å². The van der Waals surface area contributed by atoms with Crippen LogP contribution in [0.3, 0.4) is 0 Å². The first-order valence-electron chi connectivity index (χ1n) is 6.18. The summed E-state index contributed by atoms with van der Waals surface area (Å²) in [6.45, 7) is 0. The third-order valence-electron chi connectivity index (χ3n) is 3.30. The molecule has 2 nitrogen and oxygen atoms in total. The Balaban J connectivity index is 2.04. The van der Waals surface area contributed by atoms with Crippen molar-refractivity contribution in [3.8, 4) is 0 Å². The number of rotatable bonds is 2. The zero-order chi connectivity index (χ0) is 13.2. The Labute approximate surface area is 111 Å². The van der Waals surface area contributed by atoms with E-state index in [-0.39, 0.29) is 0 Å². The van der Waals surface area contributed by atoms with E-state index >= 15 is 0 Å². The van der Waals surface area contributed by atoms with Crippen LogP contribution in [-0.2, 0) is 11.2 Å². The molecule has 0 spiro atoms. The first-order chi connectivity index (χ1) is 9.25. The number of hydrogen-bond donors (Lipinski definition) is 0. The molecular weight excluding hydrogens is 236 g/mol. The Kier molecular flexibility index (Phi) is 2.84. The van der Waals surface area contributed by atoms with Crippen molar-refractivity contribution in [3.63, 3.8) is 0 Å². The summed E-state index contributed by atoms with van der Waals surface area (Å²) in [5.41, 5.74) is 3.64. The Morgan fingerprint density at radius 2 is 1.58 bits per heavy atom. The maximum Gasteiger partial charge on any atom is 0.233 e. The van der Waals surface area contributed by atoms with E-state index in [2.05, 4.69) is 12.1 Å². The van der Waals surface area contributed by atoms with Gasteiger partial charge in [-0.2, -0.15) is 0 Å². The number of carbonyl (C=O) groups excluding carboxylic acids is 2. The van der Waals surface area contributed by atoms with Crippen LogP contribution in [0, 0.1) is 0 Å². The molecule has 0 unspecified atom stereocenters. The van der Waals surface area contributed by atoms with Crippen molar-refractivity contribution in [2.75, 3.05) is 0 Å². The normalized spacial score (nSPS) is 13.5. The number of benzene rings is 2. The third kappa shape index (κ3) is 2.13. The number of Topliss-reactive ketones (excluding diaryl/α,β-unsaturated/α-hetero) is 1. The Bertz CT molecular complexity index is 682. The van der Waals surface area contributed by atoms with Crippen LogP contribution in [0.5, 0.6) is 0 Å². The van der Waals surface area contributed by atoms with E-state index in [1.54, 1.807) is 12.1 Å². The molecule has 0 amide bonds. The van der Waals surface area contributed by atoms with Gasteiger partial charge in [-0.15, -0.1) is 0 Å². The number of ketones is 2. The molecule has 0 saturated carbocycles. The molecule has 0 N–H and O–H groups in total. The van der Waals surface area contributed by atoms with Crippen LogP contribution >= 0.6 is 0 Å². The minimum atomic E-state index is -0.440. The van der Waals surface area contributed by atoms with Crippen LogP contribution in [0.1, 0.15) is 27.0 Å². The monoisotopic (exact) mass is 248 g/mol. The minimum absolute atomic E-state index is 0.410. The molecular formula is C17H12O2. The number of hydrogen-bond acceptors (Lipinski definition) is 2. The zero-order valence-corrected chi connectivity index (χ0v) is 10.3. The molecule has 0 fully saturated rings. The second-order valence-electron chi connectivity index (χ2n) is 4.57. The van der Waals surface area contributed by atoms with Gasteiger partial charge in [0.15, 0.2) is 0 Å². The highest BCUT2D eigenvalue weighted by Gasteiger charge is 2.22. The smallest absolute Gasteiger partial charge is 0.233 e. The molecule has 2 aromatic carbocycles. The molecule has 0 aromatic heterocycles. The fraction of sp³-hybridized carbons (Fsp3) is 0.0588. The first-order valence-corrected chi connectivity index (χ1v) is 6.18. The van der Waals surface area contributed by atoms with E-state index in [0.717, 1.165) is 17.5 Å². The number of carbonyl (C=O) groups is 2. The Morgan fingerprint density at radius 3 is 2.37 bits per heavy atom. The lowest BCUT2D eigenvalue weighted by atomic mass is 9.89. The highest BCUT2D eigenvalue weighted by atomic mass is 16.2. The molecule has 2 aromatic rings. The first kappa shape index (κ1) is 11.6. The average molecular weight is 248 g/mol. The second-order valence-corrected chi connectivity index (χ2v) is 4.57. The molecule has 1 aliphatic carbocycles. The summed E-state index contributed by atoms with van der Waals surface area (Å²) < 4.78 is 0. The lowest BCUT2D eigenvalue weighted by molar-refractivity contribution is -0.110. The van der Waals surface area contributed by atoms with Crippen molar-refractivity contribution in [1.82, 2.24) is 0 Å². The molecule has 3 rings (SSSR count). The van der Waals surface area contributed by atoms with Crippen molar-refractivity contribution in [2.24, 2.45) is 0 Å². The van der Waals surface area contributed by atoms with Crippen LogP contribution in [0.25, 0.3) is 6.08 Å². The summed E-state index contributed by atoms with van der Waals surface area (Å²) in [6.07, 6.45) is 3.87. The highest BCUT2D eigenvalue weighted by molar-refractivity contribution is 6.50. The molecule has 92 valence electrons. The van der Waals surface area contributed by atoms with E-state index in [4.69, 9.17) is 0 Å². The van der Waals surface area contributed by atoms with Gasteiger partial charge in [0.25, 0.3) is 0 Å². The van der Waals surface area contributed by atoms with Gasteiger partial charge in [0, 0.05) is 5.56 Å². The van der Waals surface area contributed by atoms with Crippen molar-refractivity contribution < 1.29 is 9.59 Å². The number of fused-ring (bicyclic) bond motifs is 1. The largest absolute Gasteiger partial charge is 0.286 e. The molecule has 19 heavy (non-hydrogen) atoms. The van der Waals surface area contributed by atoms with Crippen LogP contribution in [0.2, 0.25) is 0 Å². The van der Waals surface area contributed by atoms with E-state index in [1.807, 2.05) is 30.3 Å². The van der Waals surface area contributed by atoms with E-state index in [0.29, 0.717) is 5.56 Å². The fourth-order valence-corrected chi connectivity index (χ4v) is 2.35. The Morgan fingerprint density at radius 1 is 0.789 bits per heavy atom. The molecule has 0 aliphatic heterocycles. The van der Waals surface area contributed by atoms with E-state index in [9.17, 15) is 9.59 Å². The summed E-state index contributed by atoms with van der Waals surface area (Å²) in [5.74, 6) is -0.850. The maximum atomic E-state index is 11.8. The van der Waals surface area contributed by atoms with Crippen molar-refractivity contribution >= 4 is 17.6 Å². The summed E-state index contributed by atoms with van der Waals surface area (Å²) in [5, 5.41) is 0. The van der Waals surface area contributed by atoms with Gasteiger partial charge in [0.05, 0.1) is 0 Å². The molecule has 0 atom stereocenters. The SMILES string of the molecule is O=C1C=Cc2c(Cc3ccccc3)cccc2C1=O. The topological polar surface area (TPSA) is 34.1 Å². The molecule has 0 saturated heterocycles. The molecule has 1 aliphatic rings. The van der Waals surface area contributed by atoms with E-state index in [1.165, 1.54) is 11.6 Å².